The molecule has 8 rings (SSSR count). The molecular weight excluding hydrogens is 608 g/mol. The van der Waals surface area contributed by atoms with Crippen molar-refractivity contribution in [1.82, 2.24) is 9.58 Å². The Balaban J connectivity index is 1.48. The number of thiophene rings is 1. The SMILES string of the molecule is O=C1c2c(O)c(=O)ccn2N(C2c3ccccc3-c3scc4c3-c3c2ccc(F)c3C(F)(F)C4)C2CC(C(F)(F)F)CCN12. The number of piperidine rings is 1. The number of hydrogen-bond acceptors (Lipinski definition) is 5. The van der Waals surface area contributed by atoms with Crippen LogP contribution in [0.5, 0.6) is 5.75 Å². The van der Waals surface area contributed by atoms with Gasteiger partial charge >= 0.3 is 6.18 Å². The number of aromatic hydroxyl groups is 1. The first-order valence-corrected chi connectivity index (χ1v) is 14.8. The quantitative estimate of drug-likeness (QED) is 0.243. The Bertz CT molecular complexity index is 1970. The van der Waals surface area contributed by atoms with E-state index in [2.05, 4.69) is 0 Å². The summed E-state index contributed by atoms with van der Waals surface area (Å²) in [5.41, 5.74) is 0.00174. The lowest BCUT2D eigenvalue weighted by molar-refractivity contribution is -0.189. The molecule has 0 spiro atoms. The maximum absolute atomic E-state index is 15.7. The third-order valence-corrected chi connectivity index (χ3v) is 10.3. The van der Waals surface area contributed by atoms with Crippen LogP contribution in [-0.2, 0) is 12.3 Å². The van der Waals surface area contributed by atoms with E-state index in [1.54, 1.807) is 29.6 Å². The third kappa shape index (κ3) is 3.55. The van der Waals surface area contributed by atoms with Crippen molar-refractivity contribution in [2.75, 3.05) is 11.6 Å². The molecule has 3 unspecified atom stereocenters. The van der Waals surface area contributed by atoms with Crippen molar-refractivity contribution in [3.8, 4) is 27.3 Å². The Morgan fingerprint density at radius 3 is 2.55 bits per heavy atom. The van der Waals surface area contributed by atoms with Gasteiger partial charge in [-0.3, -0.25) is 19.3 Å². The minimum atomic E-state index is -4.58. The highest BCUT2D eigenvalue weighted by atomic mass is 32.1. The van der Waals surface area contributed by atoms with Crippen LogP contribution < -0.4 is 10.4 Å². The number of aromatic nitrogens is 1. The lowest BCUT2D eigenvalue weighted by atomic mass is 9.80. The molecule has 2 aromatic carbocycles. The molecule has 3 atom stereocenters. The van der Waals surface area contributed by atoms with Crippen molar-refractivity contribution in [3.05, 3.63) is 98.0 Å². The summed E-state index contributed by atoms with van der Waals surface area (Å²) in [5, 5.41) is 13.9. The first kappa shape index (κ1) is 27.3. The monoisotopic (exact) mass is 629 g/mol. The molecule has 0 bridgehead atoms. The van der Waals surface area contributed by atoms with Crippen molar-refractivity contribution >= 4 is 17.2 Å². The van der Waals surface area contributed by atoms with E-state index in [0.717, 1.165) is 16.8 Å². The Morgan fingerprint density at radius 1 is 1.00 bits per heavy atom. The van der Waals surface area contributed by atoms with Crippen LogP contribution in [0, 0.1) is 11.7 Å². The average Bonchev–Trinajstić information content (AvgIpc) is 3.34. The molecule has 6 nitrogen and oxygen atoms in total. The van der Waals surface area contributed by atoms with Crippen LogP contribution >= 0.6 is 11.3 Å². The first-order chi connectivity index (χ1) is 20.9. The zero-order valence-electron chi connectivity index (χ0n) is 22.5. The molecule has 2 aliphatic carbocycles. The van der Waals surface area contributed by atoms with E-state index >= 15 is 13.2 Å². The molecular formula is C31H21F6N3O3S. The Morgan fingerprint density at radius 2 is 1.77 bits per heavy atom. The third-order valence-electron chi connectivity index (χ3n) is 9.25. The van der Waals surface area contributed by atoms with Crippen molar-refractivity contribution in [2.24, 2.45) is 5.92 Å². The normalized spacial score (nSPS) is 23.0. The van der Waals surface area contributed by atoms with Crippen LogP contribution in [-0.4, -0.2) is 39.5 Å². The molecule has 1 amide bonds. The van der Waals surface area contributed by atoms with Crippen LogP contribution in [0.1, 0.15) is 51.6 Å². The summed E-state index contributed by atoms with van der Waals surface area (Å²) in [6.45, 7) is -0.321. The van der Waals surface area contributed by atoms with Crippen molar-refractivity contribution in [1.29, 1.82) is 0 Å². The number of halogens is 6. The summed E-state index contributed by atoms with van der Waals surface area (Å²) >= 11 is 1.23. The van der Waals surface area contributed by atoms with Gasteiger partial charge in [-0.15, -0.1) is 11.3 Å². The molecule has 1 N–H and O–H groups in total. The fourth-order valence-electron chi connectivity index (χ4n) is 7.38. The predicted molar refractivity (Wildman–Crippen MR) is 149 cm³/mol. The van der Waals surface area contributed by atoms with Gasteiger partial charge in [0.25, 0.3) is 11.8 Å². The van der Waals surface area contributed by atoms with Crippen LogP contribution in [0.3, 0.4) is 0 Å². The fourth-order valence-corrected chi connectivity index (χ4v) is 8.50. The van der Waals surface area contributed by atoms with E-state index in [1.807, 2.05) is 0 Å². The van der Waals surface area contributed by atoms with E-state index < -0.39 is 83.6 Å². The van der Waals surface area contributed by atoms with E-state index in [0.29, 0.717) is 27.1 Å². The molecule has 4 aliphatic rings. The number of carbonyl (C=O) groups excluding carboxylic acids is 1. The Labute approximate surface area is 249 Å². The standard InChI is InChI=1S/C31H21F6N3O3S/c32-19-6-5-18-23-22-14(12-30(33,34)24(19)23)13-44-28(22)17-4-2-1-3-16(17)25(18)40-21-11-15(31(35,36)37)7-9-38(21)29(43)26-27(42)20(41)8-10-39(26)40/h1-6,8,10,13,15,21,25,42H,7,9,11-12H2. The lowest BCUT2D eigenvalue weighted by Crippen LogP contribution is -2.65. The summed E-state index contributed by atoms with van der Waals surface area (Å²) in [7, 11) is 0. The second-order valence-corrected chi connectivity index (χ2v) is 12.4. The highest BCUT2D eigenvalue weighted by Crippen LogP contribution is 2.58. The van der Waals surface area contributed by atoms with Gasteiger partial charge in [-0.2, -0.15) is 13.2 Å². The minimum absolute atomic E-state index is 0.0350. The highest BCUT2D eigenvalue weighted by Gasteiger charge is 2.53. The zero-order valence-corrected chi connectivity index (χ0v) is 23.4. The van der Waals surface area contributed by atoms with Crippen molar-refractivity contribution < 1.29 is 36.2 Å². The number of rotatable bonds is 1. The second-order valence-electron chi connectivity index (χ2n) is 11.6. The number of nitrogens with zero attached hydrogens (tertiary/aromatic N) is 3. The summed E-state index contributed by atoms with van der Waals surface area (Å²) in [4.78, 5) is 28.0. The minimum Gasteiger partial charge on any atom is -0.502 e. The zero-order chi connectivity index (χ0) is 30.9. The number of fused-ring (bicyclic) bond motifs is 4. The molecule has 2 aromatic heterocycles. The highest BCUT2D eigenvalue weighted by molar-refractivity contribution is 7.14. The summed E-state index contributed by atoms with van der Waals surface area (Å²) < 4.78 is 90.5. The molecule has 1 fully saturated rings. The number of pyridine rings is 1. The van der Waals surface area contributed by atoms with Gasteiger partial charge in [0, 0.05) is 41.2 Å². The lowest BCUT2D eigenvalue weighted by Gasteiger charge is -2.53. The van der Waals surface area contributed by atoms with Gasteiger partial charge in [-0.1, -0.05) is 30.3 Å². The Kier molecular flexibility index (Phi) is 5.52. The molecule has 44 heavy (non-hydrogen) atoms. The second kappa shape index (κ2) is 8.90. The van der Waals surface area contributed by atoms with E-state index in [4.69, 9.17) is 0 Å². The van der Waals surface area contributed by atoms with Crippen LogP contribution in [0.2, 0.25) is 0 Å². The van der Waals surface area contributed by atoms with Gasteiger partial charge in [0.15, 0.2) is 11.4 Å². The summed E-state index contributed by atoms with van der Waals surface area (Å²) in [6.07, 6.45) is -6.29. The topological polar surface area (TPSA) is 65.8 Å². The van der Waals surface area contributed by atoms with Crippen molar-refractivity contribution in [2.45, 2.75) is 43.6 Å². The maximum atomic E-state index is 15.7. The van der Waals surface area contributed by atoms with E-state index in [-0.39, 0.29) is 17.7 Å². The number of benzene rings is 2. The van der Waals surface area contributed by atoms with Gasteiger partial charge in [-0.05, 0) is 46.5 Å². The van der Waals surface area contributed by atoms with Gasteiger partial charge in [0.1, 0.15) is 12.0 Å². The fraction of sp³-hybridized carbons (Fsp3) is 0.290. The van der Waals surface area contributed by atoms with Gasteiger partial charge < -0.3 is 10.0 Å². The molecule has 0 saturated carbocycles. The maximum Gasteiger partial charge on any atom is 0.392 e. The molecule has 13 heteroatoms. The first-order valence-electron chi connectivity index (χ1n) is 13.9. The molecule has 4 aromatic rings. The number of alkyl halides is 5. The average molecular weight is 630 g/mol. The van der Waals surface area contributed by atoms with Gasteiger partial charge in [-0.25, -0.2) is 13.2 Å². The predicted octanol–water partition coefficient (Wildman–Crippen LogP) is 6.53. The molecule has 1 saturated heterocycles. The molecule has 4 heterocycles. The van der Waals surface area contributed by atoms with Crippen LogP contribution in [0.4, 0.5) is 26.3 Å². The van der Waals surface area contributed by atoms with E-state index in [9.17, 15) is 27.9 Å². The summed E-state index contributed by atoms with van der Waals surface area (Å²) in [6, 6.07) is 9.12. The number of amides is 1. The van der Waals surface area contributed by atoms with Crippen molar-refractivity contribution in [3.63, 3.8) is 0 Å². The van der Waals surface area contributed by atoms with Gasteiger partial charge in [0.2, 0.25) is 5.43 Å². The Hall–Kier alpha value is -4.26. The molecule has 2 aliphatic heterocycles. The summed E-state index contributed by atoms with van der Waals surface area (Å²) in [5.74, 6) is -8.16. The van der Waals surface area contributed by atoms with Crippen LogP contribution in [0.25, 0.3) is 21.6 Å². The molecule has 0 radical (unpaired) electrons. The molecule has 226 valence electrons. The van der Waals surface area contributed by atoms with Gasteiger partial charge in [0.05, 0.1) is 17.5 Å². The largest absolute Gasteiger partial charge is 0.502 e. The smallest absolute Gasteiger partial charge is 0.392 e. The van der Waals surface area contributed by atoms with E-state index in [1.165, 1.54) is 33.5 Å². The van der Waals surface area contributed by atoms with Crippen LogP contribution in [0.15, 0.2) is 58.8 Å². The number of carbonyl (C=O) groups is 1. The number of hydrogen-bond donors (Lipinski definition) is 1.